The van der Waals surface area contributed by atoms with Crippen LogP contribution in [0, 0.1) is 11.3 Å². The largest absolute Gasteiger partial charge is 0.384 e. The van der Waals surface area contributed by atoms with E-state index in [0.29, 0.717) is 6.42 Å². The molecule has 0 saturated heterocycles. The van der Waals surface area contributed by atoms with E-state index in [0.717, 1.165) is 30.8 Å². The second kappa shape index (κ2) is 5.66. The van der Waals surface area contributed by atoms with Crippen molar-refractivity contribution in [3.8, 4) is 6.07 Å². The standard InChI is InChI=1S/C17H17N3/c18-10-8-13-4-6-16(7-5-13)20-12-15-3-1-2-14-9-11-19-17(14)15/h1-7,19-20H,8-9,11-12H2. The molecule has 100 valence electrons. The van der Waals surface area contributed by atoms with E-state index in [-0.39, 0.29) is 0 Å². The fourth-order valence-electron chi connectivity index (χ4n) is 2.59. The Morgan fingerprint density at radius 2 is 2.00 bits per heavy atom. The maximum absolute atomic E-state index is 8.66. The third-order valence-electron chi connectivity index (χ3n) is 3.65. The van der Waals surface area contributed by atoms with Gasteiger partial charge in [-0.3, -0.25) is 0 Å². The Kier molecular flexibility index (Phi) is 3.56. The number of nitrogens with one attached hydrogen (secondary N) is 2. The third kappa shape index (κ3) is 2.60. The zero-order valence-electron chi connectivity index (χ0n) is 11.3. The number of nitrogens with zero attached hydrogens (tertiary/aromatic N) is 1. The van der Waals surface area contributed by atoms with Crippen LogP contribution in [0.3, 0.4) is 0 Å². The lowest BCUT2D eigenvalue weighted by Gasteiger charge is -2.11. The molecular formula is C17H17N3. The Labute approximate surface area is 119 Å². The minimum absolute atomic E-state index is 0.469. The van der Waals surface area contributed by atoms with E-state index in [2.05, 4.69) is 34.9 Å². The van der Waals surface area contributed by atoms with Gasteiger partial charge in [0, 0.05) is 24.5 Å². The highest BCUT2D eigenvalue weighted by molar-refractivity contribution is 5.62. The maximum atomic E-state index is 8.66. The lowest BCUT2D eigenvalue weighted by molar-refractivity contribution is 1.11. The van der Waals surface area contributed by atoms with E-state index in [4.69, 9.17) is 5.26 Å². The molecule has 0 spiro atoms. The van der Waals surface area contributed by atoms with Crippen LogP contribution in [0.25, 0.3) is 0 Å². The molecular weight excluding hydrogens is 246 g/mol. The van der Waals surface area contributed by atoms with Crippen molar-refractivity contribution < 1.29 is 0 Å². The van der Waals surface area contributed by atoms with Gasteiger partial charge in [0.2, 0.25) is 0 Å². The van der Waals surface area contributed by atoms with Gasteiger partial charge in [0.25, 0.3) is 0 Å². The summed E-state index contributed by atoms with van der Waals surface area (Å²) >= 11 is 0. The fourth-order valence-corrected chi connectivity index (χ4v) is 2.59. The van der Waals surface area contributed by atoms with Crippen LogP contribution >= 0.6 is 0 Å². The summed E-state index contributed by atoms with van der Waals surface area (Å²) in [6.45, 7) is 1.85. The molecule has 2 aromatic rings. The average molecular weight is 263 g/mol. The van der Waals surface area contributed by atoms with E-state index in [1.165, 1.54) is 16.8 Å². The van der Waals surface area contributed by atoms with Gasteiger partial charge in [-0.2, -0.15) is 5.26 Å². The Bertz CT molecular complexity index is 638. The summed E-state index contributed by atoms with van der Waals surface area (Å²) in [5.41, 5.74) is 6.15. The first-order valence-corrected chi connectivity index (χ1v) is 6.91. The number of hydrogen-bond donors (Lipinski definition) is 2. The van der Waals surface area contributed by atoms with Crippen LogP contribution in [0.15, 0.2) is 42.5 Å². The predicted octanol–water partition coefficient (Wildman–Crippen LogP) is 3.33. The monoisotopic (exact) mass is 263 g/mol. The van der Waals surface area contributed by atoms with Crippen molar-refractivity contribution >= 4 is 11.4 Å². The number of nitriles is 1. The van der Waals surface area contributed by atoms with Crippen LogP contribution in [0.1, 0.15) is 16.7 Å². The average Bonchev–Trinajstić information content (AvgIpc) is 2.96. The van der Waals surface area contributed by atoms with Gasteiger partial charge < -0.3 is 10.6 Å². The Hall–Kier alpha value is -2.47. The van der Waals surface area contributed by atoms with Crippen LogP contribution in [0.2, 0.25) is 0 Å². The molecule has 1 aliphatic rings. The predicted molar refractivity (Wildman–Crippen MR) is 81.7 cm³/mol. The molecule has 3 heteroatoms. The molecule has 1 aliphatic heterocycles. The summed E-state index contributed by atoms with van der Waals surface area (Å²) < 4.78 is 0. The summed E-state index contributed by atoms with van der Waals surface area (Å²) in [6.07, 6.45) is 1.59. The first kappa shape index (κ1) is 12.6. The highest BCUT2D eigenvalue weighted by Crippen LogP contribution is 2.27. The summed E-state index contributed by atoms with van der Waals surface area (Å²) in [5.74, 6) is 0. The Morgan fingerprint density at radius 3 is 2.80 bits per heavy atom. The van der Waals surface area contributed by atoms with E-state index >= 15 is 0 Å². The number of hydrogen-bond acceptors (Lipinski definition) is 3. The number of para-hydroxylation sites is 1. The number of rotatable bonds is 4. The van der Waals surface area contributed by atoms with E-state index < -0.39 is 0 Å². The number of anilines is 2. The van der Waals surface area contributed by atoms with Gasteiger partial charge in [-0.25, -0.2) is 0 Å². The highest BCUT2D eigenvalue weighted by Gasteiger charge is 2.12. The van der Waals surface area contributed by atoms with Crippen molar-refractivity contribution in [2.45, 2.75) is 19.4 Å². The normalized spacial score (nSPS) is 12.3. The summed E-state index contributed by atoms with van der Waals surface area (Å²) in [5, 5.41) is 15.5. The van der Waals surface area contributed by atoms with Crippen molar-refractivity contribution in [1.29, 1.82) is 5.26 Å². The van der Waals surface area contributed by atoms with Crippen molar-refractivity contribution in [1.82, 2.24) is 0 Å². The van der Waals surface area contributed by atoms with Gasteiger partial charge in [-0.1, -0.05) is 30.3 Å². The minimum Gasteiger partial charge on any atom is -0.384 e. The zero-order chi connectivity index (χ0) is 13.8. The fraction of sp³-hybridized carbons (Fsp3) is 0.235. The molecule has 0 bridgehead atoms. The molecule has 2 aromatic carbocycles. The molecule has 1 heterocycles. The Balaban J connectivity index is 1.68. The van der Waals surface area contributed by atoms with Gasteiger partial charge in [0.05, 0.1) is 12.5 Å². The molecule has 3 rings (SSSR count). The molecule has 0 unspecified atom stereocenters. The SMILES string of the molecule is N#CCc1ccc(NCc2cccc3c2NCC3)cc1. The second-order valence-corrected chi connectivity index (χ2v) is 5.01. The molecule has 0 radical (unpaired) electrons. The van der Waals surface area contributed by atoms with Crippen LogP contribution in [0.4, 0.5) is 11.4 Å². The number of benzene rings is 2. The second-order valence-electron chi connectivity index (χ2n) is 5.01. The summed E-state index contributed by atoms with van der Waals surface area (Å²) in [7, 11) is 0. The first-order chi connectivity index (χ1) is 9.86. The van der Waals surface area contributed by atoms with Crippen LogP contribution in [-0.2, 0) is 19.4 Å². The summed E-state index contributed by atoms with van der Waals surface area (Å²) in [6, 6.07) is 16.7. The molecule has 0 atom stereocenters. The minimum atomic E-state index is 0.469. The lowest BCUT2D eigenvalue weighted by Crippen LogP contribution is -2.03. The van der Waals surface area contributed by atoms with Gasteiger partial charge >= 0.3 is 0 Å². The molecule has 0 fully saturated rings. The topological polar surface area (TPSA) is 47.9 Å². The molecule has 0 saturated carbocycles. The van der Waals surface area contributed by atoms with Crippen molar-refractivity contribution in [2.24, 2.45) is 0 Å². The van der Waals surface area contributed by atoms with E-state index in [1.807, 2.05) is 24.3 Å². The van der Waals surface area contributed by atoms with E-state index in [1.54, 1.807) is 0 Å². The molecule has 0 aromatic heterocycles. The van der Waals surface area contributed by atoms with Crippen molar-refractivity contribution in [3.05, 3.63) is 59.2 Å². The van der Waals surface area contributed by atoms with Crippen LogP contribution in [-0.4, -0.2) is 6.54 Å². The molecule has 20 heavy (non-hydrogen) atoms. The zero-order valence-corrected chi connectivity index (χ0v) is 11.3. The Morgan fingerprint density at radius 1 is 1.15 bits per heavy atom. The third-order valence-corrected chi connectivity index (χ3v) is 3.65. The van der Waals surface area contributed by atoms with Crippen LogP contribution < -0.4 is 10.6 Å². The lowest BCUT2D eigenvalue weighted by atomic mass is 10.1. The molecule has 0 amide bonds. The molecule has 3 nitrogen and oxygen atoms in total. The molecule has 2 N–H and O–H groups in total. The maximum Gasteiger partial charge on any atom is 0.0669 e. The van der Waals surface area contributed by atoms with Gasteiger partial charge in [0.1, 0.15) is 0 Å². The van der Waals surface area contributed by atoms with E-state index in [9.17, 15) is 0 Å². The molecule has 0 aliphatic carbocycles. The summed E-state index contributed by atoms with van der Waals surface area (Å²) in [4.78, 5) is 0. The smallest absolute Gasteiger partial charge is 0.0669 e. The number of fused-ring (bicyclic) bond motifs is 1. The van der Waals surface area contributed by atoms with Crippen molar-refractivity contribution in [3.63, 3.8) is 0 Å². The van der Waals surface area contributed by atoms with Gasteiger partial charge in [-0.15, -0.1) is 0 Å². The van der Waals surface area contributed by atoms with Crippen LogP contribution in [0.5, 0.6) is 0 Å². The van der Waals surface area contributed by atoms with Gasteiger partial charge in [0.15, 0.2) is 0 Å². The highest BCUT2D eigenvalue weighted by atomic mass is 14.9. The van der Waals surface area contributed by atoms with Crippen molar-refractivity contribution in [2.75, 3.05) is 17.2 Å². The first-order valence-electron chi connectivity index (χ1n) is 6.91. The quantitative estimate of drug-likeness (QED) is 0.889. The van der Waals surface area contributed by atoms with Gasteiger partial charge in [-0.05, 0) is 35.2 Å².